The SMILES string of the molecule is Cc1cc2oc(-c3ccc(C(C)(C)C)cc3)c(O[C@H](C)C(=O)O)c(=O)c2cc1C. The molecule has 5 heteroatoms. The van der Waals surface area contributed by atoms with E-state index in [4.69, 9.17) is 9.15 Å². The molecule has 3 aromatic rings. The average molecular weight is 394 g/mol. The molecule has 0 saturated carbocycles. The fraction of sp³-hybridized carbons (Fsp3) is 0.333. The Hall–Kier alpha value is -3.08. The summed E-state index contributed by atoms with van der Waals surface area (Å²) in [5.41, 5.74) is 3.79. The molecule has 1 atom stereocenters. The van der Waals surface area contributed by atoms with Crippen molar-refractivity contribution in [2.75, 3.05) is 0 Å². The molecule has 3 rings (SSSR count). The molecule has 0 aliphatic heterocycles. The van der Waals surface area contributed by atoms with Gasteiger partial charge in [0.1, 0.15) is 5.58 Å². The van der Waals surface area contributed by atoms with Gasteiger partial charge in [-0.25, -0.2) is 4.79 Å². The fourth-order valence-corrected chi connectivity index (χ4v) is 3.08. The van der Waals surface area contributed by atoms with Gasteiger partial charge < -0.3 is 14.3 Å². The van der Waals surface area contributed by atoms with E-state index in [1.54, 1.807) is 6.07 Å². The standard InChI is InChI=1S/C24H26O5/c1-13-11-18-19(12-14(13)2)29-21(22(20(18)25)28-15(3)23(26)27)16-7-9-17(10-8-16)24(4,5)6/h7-12,15H,1-6H3,(H,26,27)/t15-/m1/s1. The lowest BCUT2D eigenvalue weighted by atomic mass is 9.86. The van der Waals surface area contributed by atoms with Gasteiger partial charge in [-0.1, -0.05) is 45.0 Å². The van der Waals surface area contributed by atoms with Crippen molar-refractivity contribution in [3.63, 3.8) is 0 Å². The quantitative estimate of drug-likeness (QED) is 0.656. The van der Waals surface area contributed by atoms with Crippen LogP contribution in [-0.4, -0.2) is 17.2 Å². The molecule has 0 aliphatic rings. The van der Waals surface area contributed by atoms with E-state index in [1.807, 2.05) is 44.2 Å². The van der Waals surface area contributed by atoms with Crippen molar-refractivity contribution in [2.24, 2.45) is 0 Å². The van der Waals surface area contributed by atoms with Crippen molar-refractivity contribution in [3.05, 3.63) is 63.3 Å². The molecule has 1 aromatic heterocycles. The zero-order chi connectivity index (χ0) is 21.5. The summed E-state index contributed by atoms with van der Waals surface area (Å²) in [4.78, 5) is 24.5. The number of rotatable bonds is 4. The van der Waals surface area contributed by atoms with Crippen LogP contribution in [0.15, 0.2) is 45.6 Å². The first-order valence-electron chi connectivity index (χ1n) is 9.57. The molecule has 0 saturated heterocycles. The van der Waals surface area contributed by atoms with E-state index in [-0.39, 0.29) is 22.4 Å². The summed E-state index contributed by atoms with van der Waals surface area (Å²) in [7, 11) is 0. The lowest BCUT2D eigenvalue weighted by Crippen LogP contribution is -2.26. The van der Waals surface area contributed by atoms with Crippen molar-refractivity contribution in [2.45, 2.75) is 53.1 Å². The van der Waals surface area contributed by atoms with Gasteiger partial charge in [-0.2, -0.15) is 0 Å². The summed E-state index contributed by atoms with van der Waals surface area (Å²) in [6.45, 7) is 11.6. The lowest BCUT2D eigenvalue weighted by Gasteiger charge is -2.19. The Labute approximate surface area is 169 Å². The van der Waals surface area contributed by atoms with Crippen molar-refractivity contribution in [3.8, 4) is 17.1 Å². The van der Waals surface area contributed by atoms with Crippen LogP contribution < -0.4 is 10.2 Å². The van der Waals surface area contributed by atoms with Crippen molar-refractivity contribution < 1.29 is 19.1 Å². The summed E-state index contributed by atoms with van der Waals surface area (Å²) in [5.74, 6) is -1.00. The topological polar surface area (TPSA) is 76.7 Å². The Morgan fingerprint density at radius 2 is 1.66 bits per heavy atom. The number of hydrogen-bond acceptors (Lipinski definition) is 4. The minimum atomic E-state index is -1.19. The van der Waals surface area contributed by atoms with Gasteiger partial charge in [0, 0.05) is 5.56 Å². The van der Waals surface area contributed by atoms with Gasteiger partial charge in [0.2, 0.25) is 11.2 Å². The summed E-state index contributed by atoms with van der Waals surface area (Å²) in [5, 5.41) is 9.63. The maximum atomic E-state index is 13.2. The number of hydrogen-bond donors (Lipinski definition) is 1. The minimum Gasteiger partial charge on any atom is -0.479 e. The predicted molar refractivity (Wildman–Crippen MR) is 114 cm³/mol. The van der Waals surface area contributed by atoms with Crippen LogP contribution in [0.1, 0.15) is 44.4 Å². The molecule has 0 amide bonds. The van der Waals surface area contributed by atoms with Crippen LogP contribution in [0.2, 0.25) is 0 Å². The molecule has 0 aliphatic carbocycles. The van der Waals surface area contributed by atoms with E-state index in [0.717, 1.165) is 16.7 Å². The molecule has 0 fully saturated rings. The first-order chi connectivity index (χ1) is 13.5. The first-order valence-corrected chi connectivity index (χ1v) is 9.57. The Morgan fingerprint density at radius 1 is 1.07 bits per heavy atom. The van der Waals surface area contributed by atoms with E-state index in [2.05, 4.69) is 20.8 Å². The molecule has 0 radical (unpaired) electrons. The largest absolute Gasteiger partial charge is 0.479 e. The zero-order valence-corrected chi connectivity index (χ0v) is 17.6. The molecule has 5 nitrogen and oxygen atoms in total. The molecular weight excluding hydrogens is 368 g/mol. The maximum Gasteiger partial charge on any atom is 0.344 e. The van der Waals surface area contributed by atoms with E-state index < -0.39 is 12.1 Å². The van der Waals surface area contributed by atoms with Gasteiger partial charge >= 0.3 is 5.97 Å². The third-order valence-corrected chi connectivity index (χ3v) is 5.12. The monoisotopic (exact) mass is 394 g/mol. The molecule has 1 heterocycles. The van der Waals surface area contributed by atoms with Gasteiger partial charge in [0.25, 0.3) is 0 Å². The molecule has 29 heavy (non-hydrogen) atoms. The number of benzene rings is 2. The van der Waals surface area contributed by atoms with Crippen LogP contribution >= 0.6 is 0 Å². The summed E-state index contributed by atoms with van der Waals surface area (Å²) < 4.78 is 11.6. The molecule has 0 bridgehead atoms. The van der Waals surface area contributed by atoms with Crippen molar-refractivity contribution in [1.29, 1.82) is 0 Å². The highest BCUT2D eigenvalue weighted by molar-refractivity contribution is 5.84. The average Bonchev–Trinajstić information content (AvgIpc) is 2.64. The zero-order valence-electron chi connectivity index (χ0n) is 17.6. The van der Waals surface area contributed by atoms with Crippen LogP contribution in [0.4, 0.5) is 0 Å². The number of aliphatic carboxylic acids is 1. The second-order valence-corrected chi connectivity index (χ2v) is 8.45. The number of fused-ring (bicyclic) bond motifs is 1. The first kappa shape index (κ1) is 20.6. The van der Waals surface area contributed by atoms with E-state index in [9.17, 15) is 14.7 Å². The van der Waals surface area contributed by atoms with Gasteiger partial charge in [-0.3, -0.25) is 4.79 Å². The van der Waals surface area contributed by atoms with Gasteiger partial charge in [-0.15, -0.1) is 0 Å². The highest BCUT2D eigenvalue weighted by atomic mass is 16.5. The highest BCUT2D eigenvalue weighted by Gasteiger charge is 2.23. The van der Waals surface area contributed by atoms with Crippen LogP contribution in [0.25, 0.3) is 22.3 Å². The molecule has 0 spiro atoms. The van der Waals surface area contributed by atoms with Crippen LogP contribution in [0.5, 0.6) is 5.75 Å². The molecule has 1 N–H and O–H groups in total. The normalized spacial score (nSPS) is 12.8. The Kier molecular flexibility index (Phi) is 5.26. The number of aryl methyl sites for hydroxylation is 2. The number of carboxylic acids is 1. The third-order valence-electron chi connectivity index (χ3n) is 5.12. The minimum absolute atomic E-state index is 0.0193. The molecule has 2 aromatic carbocycles. The van der Waals surface area contributed by atoms with Crippen molar-refractivity contribution in [1.82, 2.24) is 0 Å². The predicted octanol–water partition coefficient (Wildman–Crippen LogP) is 5.23. The van der Waals surface area contributed by atoms with Crippen LogP contribution in [0, 0.1) is 13.8 Å². The van der Waals surface area contributed by atoms with E-state index >= 15 is 0 Å². The van der Waals surface area contributed by atoms with E-state index in [1.165, 1.54) is 6.92 Å². The van der Waals surface area contributed by atoms with Gasteiger partial charge in [-0.05, 0) is 55.0 Å². The molecule has 0 unspecified atom stereocenters. The summed E-state index contributed by atoms with van der Waals surface area (Å²) in [6.07, 6.45) is -1.19. The number of ether oxygens (including phenoxy) is 1. The molecule has 152 valence electrons. The smallest absolute Gasteiger partial charge is 0.344 e. The lowest BCUT2D eigenvalue weighted by molar-refractivity contribution is -0.144. The van der Waals surface area contributed by atoms with E-state index in [0.29, 0.717) is 16.5 Å². The Balaban J connectivity index is 2.27. The van der Waals surface area contributed by atoms with Crippen LogP contribution in [-0.2, 0) is 10.2 Å². The highest BCUT2D eigenvalue weighted by Crippen LogP contribution is 2.34. The second kappa shape index (κ2) is 7.39. The maximum absolute atomic E-state index is 13.2. The van der Waals surface area contributed by atoms with Gasteiger partial charge in [0.15, 0.2) is 11.9 Å². The Bertz CT molecular complexity index is 1130. The Morgan fingerprint density at radius 3 is 2.21 bits per heavy atom. The fourth-order valence-electron chi connectivity index (χ4n) is 3.08. The second-order valence-electron chi connectivity index (χ2n) is 8.45. The number of carboxylic acid groups (broad SMARTS) is 1. The molecular formula is C24H26O5. The summed E-state index contributed by atoms with van der Waals surface area (Å²) >= 11 is 0. The van der Waals surface area contributed by atoms with Crippen LogP contribution in [0.3, 0.4) is 0 Å². The number of carbonyl (C=O) groups is 1. The van der Waals surface area contributed by atoms with Gasteiger partial charge in [0.05, 0.1) is 5.39 Å². The summed E-state index contributed by atoms with van der Waals surface area (Å²) in [6, 6.07) is 11.3. The van der Waals surface area contributed by atoms with Crippen molar-refractivity contribution >= 4 is 16.9 Å². The third kappa shape index (κ3) is 4.04.